The van der Waals surface area contributed by atoms with E-state index in [0.717, 1.165) is 10.6 Å². The van der Waals surface area contributed by atoms with E-state index in [0.29, 0.717) is 17.1 Å². The first-order valence-electron chi connectivity index (χ1n) is 5.88. The Balaban J connectivity index is 2.00. The highest BCUT2D eigenvalue weighted by Crippen LogP contribution is 2.16. The fourth-order valence-electron chi connectivity index (χ4n) is 1.66. The lowest BCUT2D eigenvalue weighted by Gasteiger charge is -2.04. The Morgan fingerprint density at radius 2 is 2.10 bits per heavy atom. The number of nitrogens with zero attached hydrogens (tertiary/aromatic N) is 2. The molecule has 104 valence electrons. The Hall–Kier alpha value is -2.28. The van der Waals surface area contributed by atoms with Gasteiger partial charge in [0.15, 0.2) is 0 Å². The van der Waals surface area contributed by atoms with Crippen LogP contribution in [-0.4, -0.2) is 27.0 Å². The Kier molecular flexibility index (Phi) is 4.09. The Labute approximate surface area is 119 Å². The van der Waals surface area contributed by atoms with Gasteiger partial charge in [-0.2, -0.15) is 0 Å². The van der Waals surface area contributed by atoms with Gasteiger partial charge in [0.1, 0.15) is 10.6 Å². The van der Waals surface area contributed by atoms with Crippen molar-refractivity contribution < 1.29 is 14.7 Å². The van der Waals surface area contributed by atoms with Crippen molar-refractivity contribution in [3.8, 4) is 0 Å². The number of carbonyl (C=O) groups is 2. The normalized spacial score (nSPS) is 10.3. The third kappa shape index (κ3) is 3.18. The van der Waals surface area contributed by atoms with Gasteiger partial charge in [0.25, 0.3) is 5.91 Å². The summed E-state index contributed by atoms with van der Waals surface area (Å²) in [7, 11) is 0. The molecular weight excluding hydrogens is 278 g/mol. The fraction of sp³-hybridized carbons (Fsp3) is 0.231. The van der Waals surface area contributed by atoms with Crippen LogP contribution in [0.4, 0.5) is 0 Å². The van der Waals surface area contributed by atoms with Crippen LogP contribution in [0.15, 0.2) is 18.3 Å². The van der Waals surface area contributed by atoms with Crippen LogP contribution in [0.5, 0.6) is 0 Å². The number of nitrogens with one attached hydrogen (secondary N) is 1. The van der Waals surface area contributed by atoms with E-state index in [9.17, 15) is 9.59 Å². The summed E-state index contributed by atoms with van der Waals surface area (Å²) in [5.41, 5.74) is 1.43. The Morgan fingerprint density at radius 3 is 2.60 bits per heavy atom. The van der Waals surface area contributed by atoms with Crippen LogP contribution < -0.4 is 5.32 Å². The van der Waals surface area contributed by atoms with Crippen molar-refractivity contribution in [1.82, 2.24) is 15.3 Å². The molecule has 0 saturated heterocycles. The number of amides is 1. The van der Waals surface area contributed by atoms with Crippen LogP contribution in [0.3, 0.4) is 0 Å². The molecule has 0 aliphatic carbocycles. The van der Waals surface area contributed by atoms with Gasteiger partial charge in [-0.15, -0.1) is 11.3 Å². The van der Waals surface area contributed by atoms with Crippen molar-refractivity contribution in [2.24, 2.45) is 0 Å². The molecule has 7 heteroatoms. The first-order valence-corrected chi connectivity index (χ1v) is 6.69. The predicted octanol–water partition coefficient (Wildman–Crippen LogP) is 1.78. The average Bonchev–Trinajstić information content (AvgIpc) is 2.75. The van der Waals surface area contributed by atoms with E-state index >= 15 is 0 Å². The summed E-state index contributed by atoms with van der Waals surface area (Å²) in [4.78, 5) is 31.2. The maximum Gasteiger partial charge on any atom is 0.354 e. The molecule has 0 aliphatic rings. The Bertz CT molecular complexity index is 649. The highest BCUT2D eigenvalue weighted by Gasteiger charge is 2.13. The van der Waals surface area contributed by atoms with Gasteiger partial charge in [0, 0.05) is 12.7 Å². The summed E-state index contributed by atoms with van der Waals surface area (Å²) in [5, 5.41) is 12.3. The summed E-state index contributed by atoms with van der Waals surface area (Å²) >= 11 is 1.35. The molecule has 0 bridgehead atoms. The fourth-order valence-corrected chi connectivity index (χ4v) is 2.50. The molecule has 0 unspecified atom stereocenters. The quantitative estimate of drug-likeness (QED) is 0.895. The lowest BCUT2D eigenvalue weighted by molar-refractivity contribution is 0.0690. The SMILES string of the molecule is Cc1nc(C)c(C(=O)NCc2ccc(C(=O)O)nc2)s1. The van der Waals surface area contributed by atoms with E-state index in [1.54, 1.807) is 13.0 Å². The second-order valence-electron chi connectivity index (χ2n) is 4.19. The summed E-state index contributed by atoms with van der Waals surface area (Å²) in [5.74, 6) is -1.26. The lowest BCUT2D eigenvalue weighted by atomic mass is 10.2. The maximum absolute atomic E-state index is 12.0. The second kappa shape index (κ2) is 5.79. The maximum atomic E-state index is 12.0. The van der Waals surface area contributed by atoms with Crippen LogP contribution in [0, 0.1) is 13.8 Å². The number of thiazole rings is 1. The third-order valence-corrected chi connectivity index (χ3v) is 3.68. The molecule has 0 aromatic carbocycles. The molecule has 2 aromatic rings. The molecule has 2 N–H and O–H groups in total. The molecule has 0 fully saturated rings. The summed E-state index contributed by atoms with van der Waals surface area (Å²) in [6.45, 7) is 3.94. The van der Waals surface area contributed by atoms with E-state index in [4.69, 9.17) is 5.11 Å². The summed E-state index contributed by atoms with van der Waals surface area (Å²) in [6, 6.07) is 3.04. The van der Waals surface area contributed by atoms with Gasteiger partial charge in [-0.1, -0.05) is 6.07 Å². The van der Waals surface area contributed by atoms with E-state index in [1.165, 1.54) is 23.6 Å². The first-order chi connectivity index (χ1) is 9.47. The third-order valence-electron chi connectivity index (χ3n) is 2.61. The largest absolute Gasteiger partial charge is 0.477 e. The number of carboxylic acid groups (broad SMARTS) is 1. The molecular formula is C13H13N3O3S. The molecule has 2 heterocycles. The number of rotatable bonds is 4. The molecule has 2 rings (SSSR count). The van der Waals surface area contributed by atoms with E-state index in [2.05, 4.69) is 15.3 Å². The molecule has 0 atom stereocenters. The monoisotopic (exact) mass is 291 g/mol. The minimum atomic E-state index is -1.07. The van der Waals surface area contributed by atoms with Crippen LogP contribution in [0.1, 0.15) is 36.4 Å². The van der Waals surface area contributed by atoms with Gasteiger partial charge in [-0.3, -0.25) is 4.79 Å². The molecule has 6 nitrogen and oxygen atoms in total. The average molecular weight is 291 g/mol. The molecule has 0 aliphatic heterocycles. The number of aryl methyl sites for hydroxylation is 2. The summed E-state index contributed by atoms with van der Waals surface area (Å²) < 4.78 is 0. The number of pyridine rings is 1. The van der Waals surface area contributed by atoms with Crippen molar-refractivity contribution in [1.29, 1.82) is 0 Å². The van der Waals surface area contributed by atoms with Crippen LogP contribution in [0.25, 0.3) is 0 Å². The van der Waals surface area contributed by atoms with Gasteiger partial charge in [-0.25, -0.2) is 14.8 Å². The zero-order valence-corrected chi connectivity index (χ0v) is 11.8. The van der Waals surface area contributed by atoms with E-state index in [-0.39, 0.29) is 11.6 Å². The summed E-state index contributed by atoms with van der Waals surface area (Å²) in [6.07, 6.45) is 1.44. The van der Waals surface area contributed by atoms with Gasteiger partial charge in [0.05, 0.1) is 10.7 Å². The number of hydrogen-bond acceptors (Lipinski definition) is 5. The number of aromatic carboxylic acids is 1. The topological polar surface area (TPSA) is 92.2 Å². The first kappa shape index (κ1) is 14.1. The zero-order chi connectivity index (χ0) is 14.7. The lowest BCUT2D eigenvalue weighted by Crippen LogP contribution is -2.22. The van der Waals surface area contributed by atoms with Crippen molar-refractivity contribution in [3.05, 3.63) is 45.2 Å². The molecule has 0 saturated carbocycles. The van der Waals surface area contributed by atoms with Crippen LogP contribution >= 0.6 is 11.3 Å². The predicted molar refractivity (Wildman–Crippen MR) is 74.0 cm³/mol. The second-order valence-corrected chi connectivity index (χ2v) is 5.39. The molecule has 2 aromatic heterocycles. The van der Waals surface area contributed by atoms with Crippen molar-refractivity contribution in [3.63, 3.8) is 0 Å². The van der Waals surface area contributed by atoms with Gasteiger partial charge >= 0.3 is 5.97 Å². The van der Waals surface area contributed by atoms with Crippen LogP contribution in [0.2, 0.25) is 0 Å². The molecule has 1 amide bonds. The zero-order valence-electron chi connectivity index (χ0n) is 11.0. The highest BCUT2D eigenvalue weighted by molar-refractivity contribution is 7.13. The number of hydrogen-bond donors (Lipinski definition) is 2. The van der Waals surface area contributed by atoms with Crippen LogP contribution in [-0.2, 0) is 6.54 Å². The van der Waals surface area contributed by atoms with Crippen molar-refractivity contribution in [2.45, 2.75) is 20.4 Å². The van der Waals surface area contributed by atoms with Gasteiger partial charge < -0.3 is 10.4 Å². The van der Waals surface area contributed by atoms with Crippen molar-refractivity contribution in [2.75, 3.05) is 0 Å². The minimum absolute atomic E-state index is 0.0194. The number of carbonyl (C=O) groups excluding carboxylic acids is 1. The van der Waals surface area contributed by atoms with Crippen molar-refractivity contribution >= 4 is 23.2 Å². The molecule has 20 heavy (non-hydrogen) atoms. The van der Waals surface area contributed by atoms with E-state index in [1.807, 2.05) is 6.92 Å². The van der Waals surface area contributed by atoms with Gasteiger partial charge in [0.2, 0.25) is 0 Å². The van der Waals surface area contributed by atoms with E-state index < -0.39 is 5.97 Å². The highest BCUT2D eigenvalue weighted by atomic mass is 32.1. The smallest absolute Gasteiger partial charge is 0.354 e. The minimum Gasteiger partial charge on any atom is -0.477 e. The number of carboxylic acids is 1. The van der Waals surface area contributed by atoms with Gasteiger partial charge in [-0.05, 0) is 25.5 Å². The Morgan fingerprint density at radius 1 is 1.35 bits per heavy atom. The standard InChI is InChI=1S/C13H13N3O3S/c1-7-11(20-8(2)16-7)12(17)15-6-9-3-4-10(13(18)19)14-5-9/h3-5H,6H2,1-2H3,(H,15,17)(H,18,19). The number of aromatic nitrogens is 2. The molecule has 0 spiro atoms. The molecule has 0 radical (unpaired) electrons.